The molecule has 252 valence electrons. The van der Waals surface area contributed by atoms with Crippen LogP contribution in [0.25, 0.3) is 0 Å². The molecule has 2 aliphatic heterocycles. The van der Waals surface area contributed by atoms with Crippen molar-refractivity contribution in [1.29, 1.82) is 0 Å². The van der Waals surface area contributed by atoms with E-state index < -0.39 is 67.9 Å². The van der Waals surface area contributed by atoms with E-state index in [1.54, 1.807) is 20.8 Å². The monoisotopic (exact) mass is 661 g/mol. The van der Waals surface area contributed by atoms with Gasteiger partial charge < -0.3 is 20.3 Å². The van der Waals surface area contributed by atoms with Gasteiger partial charge in [0, 0.05) is 24.6 Å². The molecule has 15 heteroatoms. The quantitative estimate of drug-likeness (QED) is 0.241. The molecule has 1 aromatic rings. The van der Waals surface area contributed by atoms with E-state index in [1.807, 2.05) is 16.9 Å². The molecule has 4 rings (SSSR count). The summed E-state index contributed by atoms with van der Waals surface area (Å²) in [5, 5.41) is 16.5. The molecule has 4 atom stereocenters. The largest absolute Gasteiger partial charge is 0.444 e. The van der Waals surface area contributed by atoms with Crippen molar-refractivity contribution >= 4 is 39.5 Å². The van der Waals surface area contributed by atoms with Crippen molar-refractivity contribution in [3.63, 3.8) is 0 Å². The minimum absolute atomic E-state index is 0.153. The third-order valence-corrected chi connectivity index (χ3v) is 9.76. The molecule has 4 amide bonds. The summed E-state index contributed by atoms with van der Waals surface area (Å²) in [7, 11) is -4.43. The van der Waals surface area contributed by atoms with E-state index in [-0.39, 0.29) is 23.5 Å². The van der Waals surface area contributed by atoms with E-state index in [1.165, 1.54) is 4.90 Å². The first-order chi connectivity index (χ1) is 21.6. The average molecular weight is 662 g/mol. The first kappa shape index (κ1) is 34.9. The summed E-state index contributed by atoms with van der Waals surface area (Å²) >= 11 is 0. The van der Waals surface area contributed by atoms with Gasteiger partial charge in [-0.3, -0.25) is 24.5 Å². The topological polar surface area (TPSA) is 194 Å². The second-order valence-electron chi connectivity index (χ2n) is 13.1. The first-order valence-corrected chi connectivity index (χ1v) is 17.2. The van der Waals surface area contributed by atoms with E-state index in [9.17, 15) is 37.7 Å². The fourth-order valence-corrected chi connectivity index (χ4v) is 6.95. The molecule has 0 bridgehead atoms. The van der Waals surface area contributed by atoms with Gasteiger partial charge in [0.2, 0.25) is 11.8 Å². The number of allylic oxidation sites excluding steroid dienone is 1. The number of amides is 4. The van der Waals surface area contributed by atoms with Gasteiger partial charge >= 0.3 is 6.09 Å². The van der Waals surface area contributed by atoms with Crippen LogP contribution < -0.4 is 15.4 Å². The number of alkyl carbamates (subject to hydrolysis) is 1. The number of hydrogen-bond donors (Lipinski definition) is 3. The van der Waals surface area contributed by atoms with Crippen molar-refractivity contribution < 1.29 is 37.3 Å². The predicted molar refractivity (Wildman–Crippen MR) is 167 cm³/mol. The number of ether oxygens (including phenoxy) is 1. The van der Waals surface area contributed by atoms with Crippen LogP contribution in [0.3, 0.4) is 0 Å². The van der Waals surface area contributed by atoms with Crippen LogP contribution in [-0.4, -0.2) is 71.8 Å². The number of sulfonamides is 1. The fraction of sp³-hybridized carbons (Fsp3) is 0.613. The lowest BCUT2D eigenvalue weighted by Crippen LogP contribution is -2.58. The maximum atomic E-state index is 13.8. The molecule has 1 unspecified atom stereocenters. The lowest BCUT2D eigenvalue weighted by atomic mass is 10.0. The number of carbonyl (C=O) groups excluding carboxylic acids is 4. The molecule has 2 fully saturated rings. The summed E-state index contributed by atoms with van der Waals surface area (Å²) in [6.45, 7) is 5.44. The van der Waals surface area contributed by atoms with E-state index in [0.29, 0.717) is 25.7 Å². The van der Waals surface area contributed by atoms with Crippen molar-refractivity contribution in [2.24, 2.45) is 5.92 Å². The van der Waals surface area contributed by atoms with Gasteiger partial charge in [0.1, 0.15) is 23.2 Å². The fourth-order valence-electron chi connectivity index (χ4n) is 5.92. The van der Waals surface area contributed by atoms with Gasteiger partial charge in [-0.1, -0.05) is 37.8 Å². The smallest absolute Gasteiger partial charge is 0.408 e. The highest BCUT2D eigenvalue weighted by molar-refractivity contribution is 7.90. The standard InChI is InChI=1S/C31H43N5O9S/c1-30(2,3)45-29(40)32-24-13-10-8-6-4-5-7-9-12-21-20-31(21,33-26(37)25-14-11-19-35(25)27(24)38)28(39)34-46(43,44)23-17-15-22(16-18-23)36(41)42/h9,12,15-18,21,24-25H,4-8,10-11,13-14,19-20H2,1-3H3,(H,32,40)(H,33,37)(H,34,39)/b12-9-/t21-,24?,25+,31-/m1/s1. The van der Waals surface area contributed by atoms with E-state index in [0.717, 1.165) is 56.4 Å². The highest BCUT2D eigenvalue weighted by atomic mass is 32.2. The SMILES string of the molecule is CC(C)(C)OC(=O)NC1CCCCCCC/C=C\[C@@H]2C[C@@]2(C(=O)NS(=O)(=O)c2ccc([N+](=O)[O-])cc2)NC(=O)[C@@H]2CCCN2C1=O. The Morgan fingerprint density at radius 3 is 2.39 bits per heavy atom. The van der Waals surface area contributed by atoms with E-state index in [4.69, 9.17) is 4.74 Å². The molecular formula is C31H43N5O9S. The number of nitro benzene ring substituents is 1. The van der Waals surface area contributed by atoms with Crippen LogP contribution in [0.2, 0.25) is 0 Å². The Balaban J connectivity index is 1.56. The molecule has 3 N–H and O–H groups in total. The summed E-state index contributed by atoms with van der Waals surface area (Å²) in [4.78, 5) is 65.2. The zero-order chi connectivity index (χ0) is 33.7. The summed E-state index contributed by atoms with van der Waals surface area (Å²) in [6.07, 6.45) is 9.46. The summed E-state index contributed by atoms with van der Waals surface area (Å²) in [6, 6.07) is 2.27. The number of benzene rings is 1. The lowest BCUT2D eigenvalue weighted by Gasteiger charge is -2.30. The highest BCUT2D eigenvalue weighted by Gasteiger charge is 2.61. The zero-order valence-electron chi connectivity index (χ0n) is 26.5. The summed E-state index contributed by atoms with van der Waals surface area (Å²) < 4.78 is 33.6. The van der Waals surface area contributed by atoms with E-state index in [2.05, 4.69) is 10.6 Å². The van der Waals surface area contributed by atoms with Gasteiger partial charge in [-0.25, -0.2) is 17.9 Å². The molecule has 46 heavy (non-hydrogen) atoms. The van der Waals surface area contributed by atoms with Gasteiger partial charge in [0.15, 0.2) is 0 Å². The van der Waals surface area contributed by atoms with Crippen LogP contribution in [0, 0.1) is 16.0 Å². The number of nitrogens with one attached hydrogen (secondary N) is 3. The Labute approximate surface area is 268 Å². The third kappa shape index (κ3) is 8.62. The molecule has 1 aliphatic carbocycles. The van der Waals surface area contributed by atoms with Crippen LogP contribution in [0.1, 0.15) is 85.0 Å². The van der Waals surface area contributed by atoms with E-state index >= 15 is 0 Å². The normalized spacial score (nSPS) is 26.8. The van der Waals surface area contributed by atoms with Crippen LogP contribution in [-0.2, 0) is 29.1 Å². The van der Waals surface area contributed by atoms with Gasteiger partial charge in [0.25, 0.3) is 21.6 Å². The molecule has 2 heterocycles. The van der Waals surface area contributed by atoms with Crippen molar-refractivity contribution in [2.45, 2.75) is 113 Å². The number of nitrogens with zero attached hydrogens (tertiary/aromatic N) is 2. The summed E-state index contributed by atoms with van der Waals surface area (Å²) in [5.41, 5.74) is -2.65. The minimum Gasteiger partial charge on any atom is -0.444 e. The summed E-state index contributed by atoms with van der Waals surface area (Å²) in [5.74, 6) is -2.43. The molecule has 1 saturated carbocycles. The van der Waals surface area contributed by atoms with Crippen LogP contribution in [0.4, 0.5) is 10.5 Å². The Kier molecular flexibility index (Phi) is 10.7. The third-order valence-electron chi connectivity index (χ3n) is 8.41. The first-order valence-electron chi connectivity index (χ1n) is 15.7. The number of carbonyl (C=O) groups is 4. The Hall–Kier alpha value is -4.01. The van der Waals surface area contributed by atoms with Gasteiger partial charge in [-0.15, -0.1) is 0 Å². The molecule has 0 spiro atoms. The van der Waals surface area contributed by atoms with Gasteiger partial charge in [0.05, 0.1) is 9.82 Å². The average Bonchev–Trinajstić information content (AvgIpc) is 3.43. The molecule has 0 radical (unpaired) electrons. The number of non-ortho nitro benzene ring substituents is 1. The Morgan fingerprint density at radius 2 is 1.72 bits per heavy atom. The zero-order valence-corrected chi connectivity index (χ0v) is 27.3. The predicted octanol–water partition coefficient (Wildman–Crippen LogP) is 3.46. The molecular weight excluding hydrogens is 618 g/mol. The van der Waals surface area contributed by atoms with Crippen molar-refractivity contribution in [1.82, 2.24) is 20.3 Å². The molecule has 0 aromatic heterocycles. The van der Waals surface area contributed by atoms with Crippen molar-refractivity contribution in [3.8, 4) is 0 Å². The molecule has 1 saturated heterocycles. The highest BCUT2D eigenvalue weighted by Crippen LogP contribution is 2.45. The van der Waals surface area contributed by atoms with Crippen LogP contribution >= 0.6 is 0 Å². The second-order valence-corrected chi connectivity index (χ2v) is 14.8. The lowest BCUT2D eigenvalue weighted by molar-refractivity contribution is -0.384. The molecule has 14 nitrogen and oxygen atoms in total. The van der Waals surface area contributed by atoms with Crippen molar-refractivity contribution in [2.75, 3.05) is 6.54 Å². The molecule has 3 aliphatic rings. The Bertz CT molecular complexity index is 1470. The molecule has 1 aromatic carbocycles. The number of rotatable bonds is 5. The minimum atomic E-state index is -4.43. The number of hydrogen-bond acceptors (Lipinski definition) is 9. The number of fused-ring (bicyclic) bond motifs is 2. The van der Waals surface area contributed by atoms with Crippen LogP contribution in [0.5, 0.6) is 0 Å². The van der Waals surface area contributed by atoms with Crippen molar-refractivity contribution in [3.05, 3.63) is 46.5 Å². The maximum Gasteiger partial charge on any atom is 0.408 e. The second kappa shape index (κ2) is 14.2. The van der Waals surface area contributed by atoms with Gasteiger partial charge in [-0.2, -0.15) is 0 Å². The van der Waals surface area contributed by atoms with Crippen LogP contribution in [0.15, 0.2) is 41.3 Å². The van der Waals surface area contributed by atoms with Gasteiger partial charge in [-0.05, 0) is 71.4 Å². The number of nitro groups is 1. The maximum absolute atomic E-state index is 13.8. The Morgan fingerprint density at radius 1 is 1.04 bits per heavy atom.